The predicted octanol–water partition coefficient (Wildman–Crippen LogP) is 4.43. The van der Waals surface area contributed by atoms with E-state index in [0.29, 0.717) is 5.65 Å². The minimum atomic E-state index is -4.22. The molecule has 0 atom stereocenters. The molecule has 0 saturated heterocycles. The van der Waals surface area contributed by atoms with Crippen molar-refractivity contribution in [2.24, 2.45) is 12.5 Å². The average Bonchev–Trinajstić information content (AvgIpc) is 3.09. The molecule has 8 nitrogen and oxygen atoms in total. The summed E-state index contributed by atoms with van der Waals surface area (Å²) in [6.45, 7) is -0.218. The van der Waals surface area contributed by atoms with E-state index in [1.165, 1.54) is 0 Å². The lowest BCUT2D eigenvalue weighted by atomic mass is 10.1. The lowest BCUT2D eigenvalue weighted by Crippen LogP contribution is -2.31. The monoisotopic (exact) mass is 452 g/mol. The Kier molecular flexibility index (Phi) is 4.08. The van der Waals surface area contributed by atoms with Gasteiger partial charge >= 0.3 is 6.18 Å². The fraction of sp³-hybridized carbons (Fsp3) is 0.273. The summed E-state index contributed by atoms with van der Waals surface area (Å²) < 4.78 is 43.1. The number of aromatic nitrogens is 7. The lowest BCUT2D eigenvalue weighted by Gasteiger charge is -2.19. The van der Waals surface area contributed by atoms with Crippen LogP contribution in [0.4, 0.5) is 19.1 Å². The first-order chi connectivity index (χ1) is 15.8. The molecular weight excluding hydrogens is 433 g/mol. The van der Waals surface area contributed by atoms with E-state index in [1.807, 2.05) is 37.8 Å². The maximum atomic E-state index is 13.2. The number of rotatable bonds is 5. The second-order valence-electron chi connectivity index (χ2n) is 8.50. The summed E-state index contributed by atoms with van der Waals surface area (Å²) in [7, 11) is 1.86. The highest BCUT2D eigenvalue weighted by atomic mass is 19.4. The second kappa shape index (κ2) is 6.80. The fourth-order valence-corrected chi connectivity index (χ4v) is 4.12. The van der Waals surface area contributed by atoms with Crippen molar-refractivity contribution in [2.75, 3.05) is 11.9 Å². The number of hydrogen-bond acceptors (Lipinski definition) is 5. The Balaban J connectivity index is 1.32. The van der Waals surface area contributed by atoms with Gasteiger partial charge in [-0.05, 0) is 30.5 Å². The second-order valence-corrected chi connectivity index (χ2v) is 8.50. The van der Waals surface area contributed by atoms with Gasteiger partial charge in [0, 0.05) is 60.5 Å². The predicted molar refractivity (Wildman–Crippen MR) is 116 cm³/mol. The van der Waals surface area contributed by atoms with Crippen LogP contribution in [0.25, 0.3) is 38.8 Å². The van der Waals surface area contributed by atoms with Crippen molar-refractivity contribution in [1.29, 1.82) is 0 Å². The highest BCUT2D eigenvalue weighted by Crippen LogP contribution is 2.57. The summed E-state index contributed by atoms with van der Waals surface area (Å²) in [4.78, 5) is 11.8. The van der Waals surface area contributed by atoms with E-state index in [4.69, 9.17) is 0 Å². The van der Waals surface area contributed by atoms with Crippen molar-refractivity contribution in [3.63, 3.8) is 0 Å². The molecule has 11 heteroatoms. The Labute approximate surface area is 185 Å². The number of halogens is 3. The van der Waals surface area contributed by atoms with Crippen LogP contribution in [0.15, 0.2) is 49.3 Å². The zero-order valence-corrected chi connectivity index (χ0v) is 17.6. The SMILES string of the molecule is Cn1cc(-c2cnn3ccc(-c4c[nH]c5nc(NCC6(C(F)(F)F)CC6)ncc45)cc23)cn1. The third-order valence-corrected chi connectivity index (χ3v) is 6.32. The van der Waals surface area contributed by atoms with Crippen LogP contribution >= 0.6 is 0 Å². The Hall–Kier alpha value is -3.89. The minimum absolute atomic E-state index is 0.135. The molecule has 1 saturated carbocycles. The molecule has 0 amide bonds. The largest absolute Gasteiger partial charge is 0.396 e. The summed E-state index contributed by atoms with van der Waals surface area (Å²) >= 11 is 0. The number of hydrogen-bond donors (Lipinski definition) is 2. The van der Waals surface area contributed by atoms with Crippen LogP contribution in [-0.4, -0.2) is 47.1 Å². The van der Waals surface area contributed by atoms with Gasteiger partial charge < -0.3 is 10.3 Å². The molecule has 1 aliphatic rings. The summed E-state index contributed by atoms with van der Waals surface area (Å²) in [5, 5.41) is 12.2. The molecule has 168 valence electrons. The lowest BCUT2D eigenvalue weighted by molar-refractivity contribution is -0.182. The van der Waals surface area contributed by atoms with Gasteiger partial charge in [0.15, 0.2) is 0 Å². The molecule has 5 aromatic heterocycles. The van der Waals surface area contributed by atoms with Crippen LogP contribution < -0.4 is 5.32 Å². The molecule has 5 heterocycles. The number of anilines is 1. The van der Waals surface area contributed by atoms with Gasteiger partial charge in [0.1, 0.15) is 5.65 Å². The van der Waals surface area contributed by atoms with E-state index in [9.17, 15) is 13.2 Å². The van der Waals surface area contributed by atoms with Crippen molar-refractivity contribution in [2.45, 2.75) is 19.0 Å². The van der Waals surface area contributed by atoms with Gasteiger partial charge in [-0.3, -0.25) is 4.68 Å². The first-order valence-electron chi connectivity index (χ1n) is 10.4. The first-order valence-corrected chi connectivity index (χ1v) is 10.4. The van der Waals surface area contributed by atoms with Crippen molar-refractivity contribution in [3.8, 4) is 22.3 Å². The van der Waals surface area contributed by atoms with Gasteiger partial charge in [0.05, 0.1) is 23.3 Å². The van der Waals surface area contributed by atoms with E-state index >= 15 is 0 Å². The van der Waals surface area contributed by atoms with Crippen LogP contribution in [0.2, 0.25) is 0 Å². The zero-order chi connectivity index (χ0) is 22.8. The van der Waals surface area contributed by atoms with Gasteiger partial charge in [-0.1, -0.05) is 0 Å². The normalized spacial score (nSPS) is 15.4. The van der Waals surface area contributed by atoms with Crippen LogP contribution in [0, 0.1) is 5.41 Å². The molecule has 2 N–H and O–H groups in total. The van der Waals surface area contributed by atoms with E-state index in [-0.39, 0.29) is 25.3 Å². The van der Waals surface area contributed by atoms with E-state index < -0.39 is 11.6 Å². The molecule has 6 rings (SSSR count). The molecule has 0 bridgehead atoms. The number of aryl methyl sites for hydroxylation is 1. The van der Waals surface area contributed by atoms with Crippen molar-refractivity contribution >= 4 is 22.5 Å². The van der Waals surface area contributed by atoms with Gasteiger partial charge in [-0.15, -0.1) is 0 Å². The number of nitrogens with one attached hydrogen (secondary N) is 2. The molecule has 1 aliphatic carbocycles. The smallest absolute Gasteiger partial charge is 0.353 e. The maximum Gasteiger partial charge on any atom is 0.396 e. The molecule has 0 unspecified atom stereocenters. The van der Waals surface area contributed by atoms with Crippen LogP contribution in [0.3, 0.4) is 0 Å². The van der Waals surface area contributed by atoms with Crippen LogP contribution in [0.5, 0.6) is 0 Å². The van der Waals surface area contributed by atoms with E-state index in [1.54, 1.807) is 27.8 Å². The van der Waals surface area contributed by atoms with Crippen molar-refractivity contribution < 1.29 is 13.2 Å². The maximum absolute atomic E-state index is 13.2. The Morgan fingerprint density at radius 1 is 1.12 bits per heavy atom. The standard InChI is InChI=1S/C22H19F3N8/c1-32-11-14(7-29-32)16-10-30-33-5-2-13(6-18(16)33)15-8-26-19-17(15)9-27-20(31-19)28-12-21(3-4-21)22(23,24)25/h2,5-11H,3-4,12H2,1H3,(H2,26,27,28,31). The number of aromatic amines is 1. The summed E-state index contributed by atoms with van der Waals surface area (Å²) in [5.74, 6) is 0.177. The van der Waals surface area contributed by atoms with E-state index in [0.717, 1.165) is 33.2 Å². The van der Waals surface area contributed by atoms with Crippen LogP contribution in [-0.2, 0) is 7.05 Å². The Morgan fingerprint density at radius 2 is 1.97 bits per heavy atom. The van der Waals surface area contributed by atoms with Crippen molar-refractivity contribution in [3.05, 3.63) is 49.3 Å². The molecule has 33 heavy (non-hydrogen) atoms. The van der Waals surface area contributed by atoms with Gasteiger partial charge in [-0.2, -0.15) is 28.4 Å². The molecule has 0 spiro atoms. The summed E-state index contributed by atoms with van der Waals surface area (Å²) in [6, 6.07) is 3.98. The number of H-pyrrole nitrogens is 1. The third-order valence-electron chi connectivity index (χ3n) is 6.32. The highest BCUT2D eigenvalue weighted by Gasteiger charge is 2.62. The molecule has 0 aliphatic heterocycles. The molecule has 0 aromatic carbocycles. The quantitative estimate of drug-likeness (QED) is 0.412. The third kappa shape index (κ3) is 3.22. The highest BCUT2D eigenvalue weighted by molar-refractivity contribution is 5.95. The first kappa shape index (κ1) is 19.8. The molecular formula is C22H19F3N8. The molecule has 5 aromatic rings. The summed E-state index contributed by atoms with van der Waals surface area (Å²) in [6.07, 6.45) is 6.92. The average molecular weight is 452 g/mol. The molecule has 0 radical (unpaired) electrons. The van der Waals surface area contributed by atoms with E-state index in [2.05, 4.69) is 30.5 Å². The zero-order valence-electron chi connectivity index (χ0n) is 17.6. The fourth-order valence-electron chi connectivity index (χ4n) is 4.12. The molecule has 1 fully saturated rings. The number of fused-ring (bicyclic) bond motifs is 2. The minimum Gasteiger partial charge on any atom is -0.353 e. The number of alkyl halides is 3. The van der Waals surface area contributed by atoms with Crippen LogP contribution in [0.1, 0.15) is 12.8 Å². The summed E-state index contributed by atoms with van der Waals surface area (Å²) in [5.41, 5.74) is 3.60. The Morgan fingerprint density at radius 3 is 2.70 bits per heavy atom. The van der Waals surface area contributed by atoms with Gasteiger partial charge in [0.25, 0.3) is 0 Å². The van der Waals surface area contributed by atoms with Gasteiger partial charge in [0.2, 0.25) is 5.95 Å². The van der Waals surface area contributed by atoms with Crippen molar-refractivity contribution in [1.82, 2.24) is 34.3 Å². The van der Waals surface area contributed by atoms with Gasteiger partial charge in [-0.25, -0.2) is 9.50 Å². The number of nitrogens with zero attached hydrogens (tertiary/aromatic N) is 6. The number of pyridine rings is 1. The topological polar surface area (TPSA) is 88.7 Å². The Bertz CT molecular complexity index is 1490.